The highest BCUT2D eigenvalue weighted by Crippen LogP contribution is 2.42. The van der Waals surface area contributed by atoms with Crippen LogP contribution in [0.2, 0.25) is 0 Å². The Morgan fingerprint density at radius 2 is 2.15 bits per heavy atom. The maximum atomic E-state index is 5.85. The normalized spacial score (nSPS) is 29.1. The number of aryl methyl sites for hydroxylation is 1. The van der Waals surface area contributed by atoms with Crippen LogP contribution in [0, 0.1) is 6.92 Å². The zero-order chi connectivity index (χ0) is 14.0. The first-order valence-electron chi connectivity index (χ1n) is 7.19. The molecule has 0 bridgehead atoms. The van der Waals surface area contributed by atoms with Crippen LogP contribution < -0.4 is 5.32 Å². The summed E-state index contributed by atoms with van der Waals surface area (Å²) in [6, 6.07) is 0.427. The summed E-state index contributed by atoms with van der Waals surface area (Å²) in [5.74, 6) is 0.213. The molecule has 1 saturated heterocycles. The van der Waals surface area contributed by atoms with Gasteiger partial charge in [0.15, 0.2) is 5.79 Å². The molecule has 0 radical (unpaired) electrons. The summed E-state index contributed by atoms with van der Waals surface area (Å²) in [6.07, 6.45) is 2.85. The topological polar surface area (TPSA) is 69.4 Å². The van der Waals surface area contributed by atoms with Gasteiger partial charge in [-0.05, 0) is 13.0 Å². The average Bonchev–Trinajstić information content (AvgIpc) is 3.04. The van der Waals surface area contributed by atoms with E-state index in [-0.39, 0.29) is 0 Å². The van der Waals surface area contributed by atoms with Crippen LogP contribution in [0.15, 0.2) is 9.64 Å². The second kappa shape index (κ2) is 6.01. The summed E-state index contributed by atoms with van der Waals surface area (Å²) in [6.45, 7) is 6.29. The standard InChI is InChI=1S/C13H21N3O3S/c1-3-14-10-4-5-13(17-6-7-18-13)8-11(10)20-12-16-15-9(2)19-12/h10-11,14H,3-8H2,1-2H3. The molecule has 0 aromatic carbocycles. The van der Waals surface area contributed by atoms with Crippen LogP contribution in [-0.4, -0.2) is 47.0 Å². The van der Waals surface area contributed by atoms with E-state index in [1.165, 1.54) is 0 Å². The predicted molar refractivity (Wildman–Crippen MR) is 74.6 cm³/mol. The van der Waals surface area contributed by atoms with Crippen LogP contribution in [-0.2, 0) is 9.47 Å². The lowest BCUT2D eigenvalue weighted by Gasteiger charge is -2.40. The molecule has 1 aromatic rings. The zero-order valence-corrected chi connectivity index (χ0v) is 12.7. The first-order chi connectivity index (χ1) is 9.71. The highest BCUT2D eigenvalue weighted by Gasteiger charge is 2.45. The Hall–Kier alpha value is -0.630. The van der Waals surface area contributed by atoms with Crippen LogP contribution in [0.5, 0.6) is 0 Å². The minimum atomic E-state index is -0.390. The van der Waals surface area contributed by atoms with Crippen LogP contribution >= 0.6 is 11.8 Å². The van der Waals surface area contributed by atoms with E-state index in [4.69, 9.17) is 13.9 Å². The van der Waals surface area contributed by atoms with E-state index < -0.39 is 5.79 Å². The number of nitrogens with one attached hydrogen (secondary N) is 1. The second-order valence-electron chi connectivity index (χ2n) is 5.26. The van der Waals surface area contributed by atoms with Gasteiger partial charge in [-0.2, -0.15) is 0 Å². The molecule has 1 saturated carbocycles. The van der Waals surface area contributed by atoms with Gasteiger partial charge in [0.05, 0.1) is 13.2 Å². The summed E-state index contributed by atoms with van der Waals surface area (Å²) in [5.41, 5.74) is 0. The van der Waals surface area contributed by atoms with Gasteiger partial charge in [0, 0.05) is 31.1 Å². The Bertz CT molecular complexity index is 448. The molecule has 1 aliphatic heterocycles. The number of rotatable bonds is 4. The van der Waals surface area contributed by atoms with Crippen molar-refractivity contribution in [2.75, 3.05) is 19.8 Å². The lowest BCUT2D eigenvalue weighted by molar-refractivity contribution is -0.178. The minimum Gasteiger partial charge on any atom is -0.416 e. The van der Waals surface area contributed by atoms with Gasteiger partial charge < -0.3 is 19.2 Å². The van der Waals surface area contributed by atoms with Gasteiger partial charge in [0.25, 0.3) is 5.22 Å². The molecule has 1 aliphatic carbocycles. The molecule has 7 heteroatoms. The quantitative estimate of drug-likeness (QED) is 0.908. The highest BCUT2D eigenvalue weighted by molar-refractivity contribution is 7.99. The Morgan fingerprint density at radius 3 is 2.80 bits per heavy atom. The third kappa shape index (κ3) is 3.00. The lowest BCUT2D eigenvalue weighted by Crippen LogP contribution is -2.49. The number of aromatic nitrogens is 2. The van der Waals surface area contributed by atoms with E-state index in [0.717, 1.165) is 25.8 Å². The first-order valence-corrected chi connectivity index (χ1v) is 8.07. The molecule has 3 rings (SSSR count). The largest absolute Gasteiger partial charge is 0.416 e. The summed E-state index contributed by atoms with van der Waals surface area (Å²) in [4.78, 5) is 0. The van der Waals surface area contributed by atoms with E-state index in [1.807, 2.05) is 6.92 Å². The van der Waals surface area contributed by atoms with Crippen molar-refractivity contribution in [1.82, 2.24) is 15.5 Å². The number of nitrogens with zero attached hydrogens (tertiary/aromatic N) is 2. The Labute approximate surface area is 123 Å². The molecule has 2 unspecified atom stereocenters. The number of ether oxygens (including phenoxy) is 2. The SMILES string of the molecule is CCNC1CCC2(CC1Sc1nnc(C)o1)OCCO2. The van der Waals surface area contributed by atoms with Crippen LogP contribution in [0.25, 0.3) is 0 Å². The molecule has 112 valence electrons. The zero-order valence-electron chi connectivity index (χ0n) is 11.9. The van der Waals surface area contributed by atoms with Gasteiger partial charge in [-0.15, -0.1) is 10.2 Å². The maximum absolute atomic E-state index is 5.85. The van der Waals surface area contributed by atoms with Gasteiger partial charge in [0.1, 0.15) is 0 Å². The fourth-order valence-electron chi connectivity index (χ4n) is 2.95. The molecule has 6 nitrogen and oxygen atoms in total. The average molecular weight is 299 g/mol. The van der Waals surface area contributed by atoms with E-state index in [0.29, 0.717) is 35.6 Å². The van der Waals surface area contributed by atoms with Crippen molar-refractivity contribution >= 4 is 11.8 Å². The second-order valence-corrected chi connectivity index (χ2v) is 6.45. The monoisotopic (exact) mass is 299 g/mol. The van der Waals surface area contributed by atoms with E-state index >= 15 is 0 Å². The van der Waals surface area contributed by atoms with Crippen molar-refractivity contribution < 1.29 is 13.9 Å². The van der Waals surface area contributed by atoms with Gasteiger partial charge in [-0.3, -0.25) is 0 Å². The maximum Gasteiger partial charge on any atom is 0.276 e. The summed E-state index contributed by atoms with van der Waals surface area (Å²) in [7, 11) is 0. The lowest BCUT2D eigenvalue weighted by atomic mass is 9.89. The molecular formula is C13H21N3O3S. The predicted octanol–water partition coefficient (Wildman–Crippen LogP) is 1.74. The molecule has 2 heterocycles. The van der Waals surface area contributed by atoms with Gasteiger partial charge >= 0.3 is 0 Å². The van der Waals surface area contributed by atoms with E-state index in [2.05, 4.69) is 22.4 Å². The fraction of sp³-hybridized carbons (Fsp3) is 0.846. The first kappa shape index (κ1) is 14.3. The van der Waals surface area contributed by atoms with Crippen LogP contribution in [0.1, 0.15) is 32.1 Å². The fourth-order valence-corrected chi connectivity index (χ4v) is 4.20. The van der Waals surface area contributed by atoms with Crippen LogP contribution in [0.3, 0.4) is 0 Å². The highest BCUT2D eigenvalue weighted by atomic mass is 32.2. The van der Waals surface area contributed by atoms with Gasteiger partial charge in [0.2, 0.25) is 5.89 Å². The van der Waals surface area contributed by atoms with Crippen LogP contribution in [0.4, 0.5) is 0 Å². The smallest absolute Gasteiger partial charge is 0.276 e. The van der Waals surface area contributed by atoms with Crippen molar-refractivity contribution in [2.24, 2.45) is 0 Å². The molecule has 1 aromatic heterocycles. The summed E-state index contributed by atoms with van der Waals surface area (Å²) >= 11 is 1.63. The minimum absolute atomic E-state index is 0.321. The number of hydrogen-bond donors (Lipinski definition) is 1. The summed E-state index contributed by atoms with van der Waals surface area (Å²) < 4.78 is 17.2. The molecule has 2 aliphatic rings. The van der Waals surface area contributed by atoms with Crippen molar-refractivity contribution in [1.29, 1.82) is 0 Å². The third-order valence-electron chi connectivity index (χ3n) is 3.84. The Balaban J connectivity index is 1.71. The van der Waals surface area contributed by atoms with Gasteiger partial charge in [-0.1, -0.05) is 18.7 Å². The molecule has 1 N–H and O–H groups in total. The summed E-state index contributed by atoms with van der Waals surface area (Å²) in [5, 5.41) is 12.5. The molecule has 2 atom stereocenters. The Morgan fingerprint density at radius 1 is 1.35 bits per heavy atom. The molecular weight excluding hydrogens is 278 g/mol. The Kier molecular flexibility index (Phi) is 4.30. The van der Waals surface area contributed by atoms with E-state index in [1.54, 1.807) is 11.8 Å². The third-order valence-corrected chi connectivity index (χ3v) is 5.00. The van der Waals surface area contributed by atoms with Gasteiger partial charge in [-0.25, -0.2) is 0 Å². The number of thioether (sulfide) groups is 1. The molecule has 0 amide bonds. The van der Waals surface area contributed by atoms with Crippen molar-refractivity contribution in [2.45, 2.75) is 55.4 Å². The van der Waals surface area contributed by atoms with Crippen molar-refractivity contribution in [3.63, 3.8) is 0 Å². The molecule has 2 fully saturated rings. The molecule has 20 heavy (non-hydrogen) atoms. The van der Waals surface area contributed by atoms with Crippen molar-refractivity contribution in [3.8, 4) is 0 Å². The van der Waals surface area contributed by atoms with Crippen molar-refractivity contribution in [3.05, 3.63) is 5.89 Å². The van der Waals surface area contributed by atoms with E-state index in [9.17, 15) is 0 Å². The molecule has 1 spiro atoms. The number of hydrogen-bond acceptors (Lipinski definition) is 7.